The summed E-state index contributed by atoms with van der Waals surface area (Å²) in [6.07, 6.45) is 7.27. The van der Waals surface area contributed by atoms with E-state index in [9.17, 15) is 9.90 Å². The Morgan fingerprint density at radius 1 is 1.17 bits per heavy atom. The minimum absolute atomic E-state index is 0. The molecular weight excluding hydrogens is 252 g/mol. The molecule has 5 heteroatoms. The third kappa shape index (κ3) is 4.41. The van der Waals surface area contributed by atoms with Gasteiger partial charge in [0, 0.05) is 12.5 Å². The number of hydrogen-bond donors (Lipinski definition) is 3. The number of aliphatic hydroxyl groups excluding tert-OH is 1. The van der Waals surface area contributed by atoms with Gasteiger partial charge in [-0.2, -0.15) is 0 Å². The van der Waals surface area contributed by atoms with Gasteiger partial charge in [-0.05, 0) is 32.2 Å². The second kappa shape index (κ2) is 7.97. The number of amides is 1. The minimum Gasteiger partial charge on any atom is -0.393 e. The summed E-state index contributed by atoms with van der Waals surface area (Å²) in [5.41, 5.74) is 0. The lowest BCUT2D eigenvalue weighted by Crippen LogP contribution is -2.48. The van der Waals surface area contributed by atoms with Crippen molar-refractivity contribution in [2.75, 3.05) is 13.1 Å². The lowest BCUT2D eigenvalue weighted by atomic mass is 9.86. The fraction of sp³-hybridized carbons (Fsp3) is 0.923. The molecule has 3 N–H and O–H groups in total. The van der Waals surface area contributed by atoms with Crippen molar-refractivity contribution in [2.24, 2.45) is 5.92 Å². The van der Waals surface area contributed by atoms with Crippen molar-refractivity contribution in [3.8, 4) is 0 Å². The van der Waals surface area contributed by atoms with Crippen molar-refractivity contribution in [1.29, 1.82) is 0 Å². The first-order valence-electron chi connectivity index (χ1n) is 6.96. The number of halogens is 1. The molecule has 0 aromatic heterocycles. The summed E-state index contributed by atoms with van der Waals surface area (Å²) >= 11 is 0. The summed E-state index contributed by atoms with van der Waals surface area (Å²) in [4.78, 5) is 11.9. The monoisotopic (exact) mass is 276 g/mol. The van der Waals surface area contributed by atoms with Crippen molar-refractivity contribution >= 4 is 18.3 Å². The highest BCUT2D eigenvalue weighted by Gasteiger charge is 2.25. The quantitative estimate of drug-likeness (QED) is 0.726. The van der Waals surface area contributed by atoms with Gasteiger partial charge < -0.3 is 15.7 Å². The molecule has 1 aliphatic carbocycles. The average Bonchev–Trinajstić information content (AvgIpc) is 2.38. The molecule has 1 heterocycles. The molecule has 0 bridgehead atoms. The van der Waals surface area contributed by atoms with E-state index in [4.69, 9.17) is 0 Å². The Hall–Kier alpha value is -0.320. The number of carbonyl (C=O) groups excluding carboxylic acids is 1. The molecule has 106 valence electrons. The molecule has 0 aromatic rings. The Kier molecular flexibility index (Phi) is 6.97. The largest absolute Gasteiger partial charge is 0.393 e. The highest BCUT2D eigenvalue weighted by atomic mass is 35.5. The van der Waals surface area contributed by atoms with Crippen LogP contribution in [0.4, 0.5) is 0 Å². The topological polar surface area (TPSA) is 61.4 Å². The number of carbonyl (C=O) groups is 1. The summed E-state index contributed by atoms with van der Waals surface area (Å²) in [5.74, 6) is 0.374. The zero-order valence-electron chi connectivity index (χ0n) is 10.9. The number of nitrogens with one attached hydrogen (secondary N) is 2. The SMILES string of the molecule is Cl.O=C(NCC1CCCCC1O)[C@H]1CCCCN1. The van der Waals surface area contributed by atoms with E-state index in [0.717, 1.165) is 38.6 Å². The molecule has 1 amide bonds. The predicted octanol–water partition coefficient (Wildman–Crippen LogP) is 1.22. The van der Waals surface area contributed by atoms with Gasteiger partial charge in [-0.15, -0.1) is 12.4 Å². The van der Waals surface area contributed by atoms with Crippen LogP contribution in [0.3, 0.4) is 0 Å². The van der Waals surface area contributed by atoms with Crippen LogP contribution >= 0.6 is 12.4 Å². The Labute approximate surface area is 115 Å². The maximum atomic E-state index is 11.9. The number of hydrogen-bond acceptors (Lipinski definition) is 3. The number of aliphatic hydroxyl groups is 1. The first-order chi connectivity index (χ1) is 8.27. The zero-order chi connectivity index (χ0) is 12.1. The van der Waals surface area contributed by atoms with Crippen LogP contribution in [-0.2, 0) is 4.79 Å². The third-order valence-electron chi connectivity index (χ3n) is 4.03. The van der Waals surface area contributed by atoms with E-state index >= 15 is 0 Å². The lowest BCUT2D eigenvalue weighted by molar-refractivity contribution is -0.124. The average molecular weight is 277 g/mol. The smallest absolute Gasteiger partial charge is 0.237 e. The van der Waals surface area contributed by atoms with Gasteiger partial charge in [0.2, 0.25) is 5.91 Å². The Morgan fingerprint density at radius 3 is 2.56 bits per heavy atom. The van der Waals surface area contributed by atoms with E-state index in [1.54, 1.807) is 0 Å². The van der Waals surface area contributed by atoms with Crippen molar-refractivity contribution in [2.45, 2.75) is 57.1 Å². The maximum Gasteiger partial charge on any atom is 0.237 e. The molecule has 0 radical (unpaired) electrons. The first kappa shape index (κ1) is 15.7. The van der Waals surface area contributed by atoms with Gasteiger partial charge in [0.1, 0.15) is 0 Å². The summed E-state index contributed by atoms with van der Waals surface area (Å²) < 4.78 is 0. The molecule has 0 spiro atoms. The lowest BCUT2D eigenvalue weighted by Gasteiger charge is -2.29. The van der Waals surface area contributed by atoms with E-state index in [-0.39, 0.29) is 36.4 Å². The maximum absolute atomic E-state index is 11.9. The number of piperidine rings is 1. The van der Waals surface area contributed by atoms with Gasteiger partial charge in [0.05, 0.1) is 12.1 Å². The summed E-state index contributed by atoms with van der Waals surface area (Å²) in [7, 11) is 0. The zero-order valence-corrected chi connectivity index (χ0v) is 11.7. The summed E-state index contributed by atoms with van der Waals surface area (Å²) in [6.45, 7) is 1.59. The molecule has 0 aromatic carbocycles. The molecule has 1 saturated heterocycles. The van der Waals surface area contributed by atoms with Crippen LogP contribution in [0.25, 0.3) is 0 Å². The van der Waals surface area contributed by atoms with Crippen LogP contribution in [0.2, 0.25) is 0 Å². The van der Waals surface area contributed by atoms with Crippen molar-refractivity contribution < 1.29 is 9.90 Å². The van der Waals surface area contributed by atoms with Gasteiger partial charge in [0.25, 0.3) is 0 Å². The molecule has 1 saturated carbocycles. The van der Waals surface area contributed by atoms with Crippen molar-refractivity contribution in [3.05, 3.63) is 0 Å². The van der Waals surface area contributed by atoms with Gasteiger partial charge in [-0.1, -0.05) is 19.3 Å². The van der Waals surface area contributed by atoms with E-state index in [2.05, 4.69) is 10.6 Å². The molecule has 2 rings (SSSR count). The van der Waals surface area contributed by atoms with Gasteiger partial charge in [-0.3, -0.25) is 4.79 Å². The van der Waals surface area contributed by atoms with E-state index in [1.165, 1.54) is 12.8 Å². The van der Waals surface area contributed by atoms with Crippen LogP contribution < -0.4 is 10.6 Å². The fourth-order valence-corrected chi connectivity index (χ4v) is 2.86. The highest BCUT2D eigenvalue weighted by molar-refractivity contribution is 5.85. The summed E-state index contributed by atoms with van der Waals surface area (Å²) in [6, 6.07) is -0.00974. The van der Waals surface area contributed by atoms with Crippen LogP contribution in [0.5, 0.6) is 0 Å². The molecular formula is C13H25ClN2O2. The highest BCUT2D eigenvalue weighted by Crippen LogP contribution is 2.23. The normalized spacial score (nSPS) is 32.4. The first-order valence-corrected chi connectivity index (χ1v) is 6.96. The van der Waals surface area contributed by atoms with Crippen LogP contribution in [0.15, 0.2) is 0 Å². The number of rotatable bonds is 3. The van der Waals surface area contributed by atoms with Gasteiger partial charge in [-0.25, -0.2) is 0 Å². The Morgan fingerprint density at radius 2 is 1.89 bits per heavy atom. The Bertz CT molecular complexity index is 257. The molecule has 1 aliphatic heterocycles. The second-order valence-electron chi connectivity index (χ2n) is 5.36. The van der Waals surface area contributed by atoms with Crippen LogP contribution in [0, 0.1) is 5.92 Å². The molecule has 2 unspecified atom stereocenters. The summed E-state index contributed by atoms with van der Waals surface area (Å²) in [5, 5.41) is 16.1. The Balaban J connectivity index is 0.00000162. The predicted molar refractivity (Wildman–Crippen MR) is 73.9 cm³/mol. The molecule has 2 fully saturated rings. The molecule has 4 nitrogen and oxygen atoms in total. The fourth-order valence-electron chi connectivity index (χ4n) is 2.86. The molecule has 3 atom stereocenters. The third-order valence-corrected chi connectivity index (χ3v) is 4.03. The molecule has 2 aliphatic rings. The van der Waals surface area contributed by atoms with E-state index < -0.39 is 0 Å². The van der Waals surface area contributed by atoms with Gasteiger partial charge >= 0.3 is 0 Å². The van der Waals surface area contributed by atoms with E-state index in [0.29, 0.717) is 6.54 Å². The molecule has 18 heavy (non-hydrogen) atoms. The van der Waals surface area contributed by atoms with Gasteiger partial charge in [0.15, 0.2) is 0 Å². The van der Waals surface area contributed by atoms with E-state index in [1.807, 2.05) is 0 Å². The van der Waals surface area contributed by atoms with Crippen LogP contribution in [-0.4, -0.2) is 36.2 Å². The minimum atomic E-state index is -0.219. The standard InChI is InChI=1S/C13H24N2O2.ClH/c16-12-7-2-1-5-10(12)9-15-13(17)11-6-3-4-8-14-11;/h10-12,14,16H,1-9H2,(H,15,17);1H/t10?,11-,12?;/m1./s1. The van der Waals surface area contributed by atoms with Crippen LogP contribution in [0.1, 0.15) is 44.9 Å². The second-order valence-corrected chi connectivity index (χ2v) is 5.36. The van der Waals surface area contributed by atoms with Crippen molar-refractivity contribution in [3.63, 3.8) is 0 Å². The van der Waals surface area contributed by atoms with Crippen molar-refractivity contribution in [1.82, 2.24) is 10.6 Å².